The lowest BCUT2D eigenvalue weighted by atomic mass is 10.1. The van der Waals surface area contributed by atoms with Crippen LogP contribution in [0.2, 0.25) is 0 Å². The van der Waals surface area contributed by atoms with Crippen LogP contribution in [0, 0.1) is 0 Å². The molecule has 2 N–H and O–H groups in total. The van der Waals surface area contributed by atoms with Crippen LogP contribution >= 0.6 is 12.2 Å². The molecule has 0 radical (unpaired) electrons. The third-order valence-corrected chi connectivity index (χ3v) is 3.77. The smallest absolute Gasteiger partial charge is 0.175 e. The number of hydrogen-bond acceptors (Lipinski definition) is 1. The first-order chi connectivity index (χ1) is 10.8. The SMILES string of the molecule is CCCCCCc1ccc(NC(=S)Nc2ccccc2)cc1. The van der Waals surface area contributed by atoms with E-state index in [1.165, 1.54) is 31.2 Å². The van der Waals surface area contributed by atoms with Crippen molar-refractivity contribution in [2.24, 2.45) is 0 Å². The van der Waals surface area contributed by atoms with Crippen molar-refractivity contribution in [3.63, 3.8) is 0 Å². The van der Waals surface area contributed by atoms with Gasteiger partial charge in [-0.2, -0.15) is 0 Å². The highest BCUT2D eigenvalue weighted by molar-refractivity contribution is 7.80. The van der Waals surface area contributed by atoms with Crippen molar-refractivity contribution < 1.29 is 0 Å². The Morgan fingerprint density at radius 3 is 2.09 bits per heavy atom. The van der Waals surface area contributed by atoms with E-state index in [4.69, 9.17) is 12.2 Å². The summed E-state index contributed by atoms with van der Waals surface area (Å²) in [4.78, 5) is 0. The van der Waals surface area contributed by atoms with Gasteiger partial charge < -0.3 is 10.6 Å². The van der Waals surface area contributed by atoms with Crippen molar-refractivity contribution >= 4 is 28.7 Å². The lowest BCUT2D eigenvalue weighted by molar-refractivity contribution is 0.667. The molecule has 0 aliphatic rings. The monoisotopic (exact) mass is 312 g/mol. The normalized spacial score (nSPS) is 10.2. The predicted octanol–water partition coefficient (Wildman–Crippen LogP) is 5.62. The van der Waals surface area contributed by atoms with Crippen LogP contribution in [0.5, 0.6) is 0 Å². The van der Waals surface area contributed by atoms with Gasteiger partial charge in [-0.1, -0.05) is 56.5 Å². The van der Waals surface area contributed by atoms with Crippen LogP contribution < -0.4 is 10.6 Å². The molecule has 0 bridgehead atoms. The van der Waals surface area contributed by atoms with Gasteiger partial charge in [-0.05, 0) is 54.9 Å². The largest absolute Gasteiger partial charge is 0.332 e. The lowest BCUT2D eigenvalue weighted by Gasteiger charge is -2.11. The maximum atomic E-state index is 5.33. The molecule has 0 aliphatic carbocycles. The number of aryl methyl sites for hydroxylation is 1. The Morgan fingerprint density at radius 1 is 0.818 bits per heavy atom. The Morgan fingerprint density at radius 2 is 1.45 bits per heavy atom. The van der Waals surface area contributed by atoms with Crippen molar-refractivity contribution in [2.75, 3.05) is 10.6 Å². The van der Waals surface area contributed by atoms with Gasteiger partial charge in [0.25, 0.3) is 0 Å². The van der Waals surface area contributed by atoms with Crippen LogP contribution in [-0.2, 0) is 6.42 Å². The number of benzene rings is 2. The summed E-state index contributed by atoms with van der Waals surface area (Å²) in [6, 6.07) is 18.5. The number of rotatable bonds is 7. The number of hydrogen-bond donors (Lipinski definition) is 2. The van der Waals surface area contributed by atoms with E-state index in [1.807, 2.05) is 30.3 Å². The standard InChI is InChI=1S/C19H24N2S/c1-2-3-4-6-9-16-12-14-18(15-13-16)21-19(22)20-17-10-7-5-8-11-17/h5,7-8,10-15H,2-4,6,9H2,1H3,(H2,20,21,22). The second kappa shape index (κ2) is 9.21. The highest BCUT2D eigenvalue weighted by atomic mass is 32.1. The quantitative estimate of drug-likeness (QED) is 0.512. The van der Waals surface area contributed by atoms with E-state index in [2.05, 4.69) is 41.8 Å². The van der Waals surface area contributed by atoms with Gasteiger partial charge in [-0.15, -0.1) is 0 Å². The molecule has 0 atom stereocenters. The minimum atomic E-state index is 0.613. The van der Waals surface area contributed by atoms with Gasteiger partial charge >= 0.3 is 0 Å². The van der Waals surface area contributed by atoms with Gasteiger partial charge in [0, 0.05) is 11.4 Å². The van der Waals surface area contributed by atoms with Crippen LogP contribution in [0.1, 0.15) is 38.2 Å². The zero-order valence-electron chi connectivity index (χ0n) is 13.1. The average Bonchev–Trinajstić information content (AvgIpc) is 2.54. The second-order valence-electron chi connectivity index (χ2n) is 5.45. The van der Waals surface area contributed by atoms with Gasteiger partial charge in [-0.3, -0.25) is 0 Å². The number of thiocarbonyl (C=S) groups is 1. The molecule has 2 aromatic rings. The van der Waals surface area contributed by atoms with Crippen LogP contribution in [0.25, 0.3) is 0 Å². The Kier molecular flexibility index (Phi) is 6.91. The van der Waals surface area contributed by atoms with Crippen molar-refractivity contribution in [3.05, 3.63) is 60.2 Å². The van der Waals surface area contributed by atoms with E-state index in [0.29, 0.717) is 5.11 Å². The molecule has 0 aromatic heterocycles. The van der Waals surface area contributed by atoms with Crippen molar-refractivity contribution in [1.82, 2.24) is 0 Å². The summed E-state index contributed by atoms with van der Waals surface area (Å²) >= 11 is 5.33. The molecule has 22 heavy (non-hydrogen) atoms. The highest BCUT2D eigenvalue weighted by Crippen LogP contribution is 2.13. The molecule has 2 nitrogen and oxygen atoms in total. The first-order valence-electron chi connectivity index (χ1n) is 8.00. The van der Waals surface area contributed by atoms with Gasteiger partial charge in [0.05, 0.1) is 0 Å². The van der Waals surface area contributed by atoms with Crippen LogP contribution in [0.15, 0.2) is 54.6 Å². The summed E-state index contributed by atoms with van der Waals surface area (Å²) in [6.45, 7) is 2.24. The molecule has 0 spiro atoms. The third-order valence-electron chi connectivity index (χ3n) is 3.56. The molecule has 0 saturated heterocycles. The molecule has 0 aliphatic heterocycles. The Bertz CT molecular complexity index is 564. The summed E-state index contributed by atoms with van der Waals surface area (Å²) in [5.41, 5.74) is 3.40. The van der Waals surface area contributed by atoms with Crippen molar-refractivity contribution in [3.8, 4) is 0 Å². The lowest BCUT2D eigenvalue weighted by Crippen LogP contribution is -2.18. The van der Waals surface area contributed by atoms with Crippen LogP contribution in [-0.4, -0.2) is 5.11 Å². The van der Waals surface area contributed by atoms with Crippen molar-refractivity contribution in [2.45, 2.75) is 39.0 Å². The second-order valence-corrected chi connectivity index (χ2v) is 5.86. The molecule has 2 rings (SSSR count). The Balaban J connectivity index is 1.79. The minimum absolute atomic E-state index is 0.613. The van der Waals surface area contributed by atoms with Crippen LogP contribution in [0.3, 0.4) is 0 Å². The maximum Gasteiger partial charge on any atom is 0.175 e. The van der Waals surface area contributed by atoms with Gasteiger partial charge in [0.15, 0.2) is 5.11 Å². The fraction of sp³-hybridized carbons (Fsp3) is 0.316. The molecule has 3 heteroatoms. The molecular weight excluding hydrogens is 288 g/mol. The highest BCUT2D eigenvalue weighted by Gasteiger charge is 1.99. The maximum absolute atomic E-state index is 5.33. The summed E-state index contributed by atoms with van der Waals surface area (Å²) in [5.74, 6) is 0. The molecular formula is C19H24N2S. The van der Waals surface area contributed by atoms with Crippen molar-refractivity contribution in [1.29, 1.82) is 0 Å². The molecule has 116 valence electrons. The summed E-state index contributed by atoms with van der Waals surface area (Å²) in [5, 5.41) is 7.00. The minimum Gasteiger partial charge on any atom is -0.332 e. The Hall–Kier alpha value is -1.87. The third kappa shape index (κ3) is 5.86. The number of nitrogens with one attached hydrogen (secondary N) is 2. The first kappa shape index (κ1) is 16.5. The fourth-order valence-electron chi connectivity index (χ4n) is 2.33. The van der Waals surface area contributed by atoms with Gasteiger partial charge in [0.1, 0.15) is 0 Å². The van der Waals surface area contributed by atoms with Crippen LogP contribution in [0.4, 0.5) is 11.4 Å². The van der Waals surface area contributed by atoms with E-state index >= 15 is 0 Å². The average molecular weight is 312 g/mol. The zero-order chi connectivity index (χ0) is 15.6. The van der Waals surface area contributed by atoms with Gasteiger partial charge in [0.2, 0.25) is 0 Å². The molecule has 0 saturated carbocycles. The number of anilines is 2. The fourth-order valence-corrected chi connectivity index (χ4v) is 2.56. The van der Waals surface area contributed by atoms with E-state index in [9.17, 15) is 0 Å². The Labute approximate surface area is 139 Å². The van der Waals surface area contributed by atoms with E-state index < -0.39 is 0 Å². The topological polar surface area (TPSA) is 24.1 Å². The molecule has 0 heterocycles. The predicted molar refractivity (Wildman–Crippen MR) is 101 cm³/mol. The number of unbranched alkanes of at least 4 members (excludes halogenated alkanes) is 3. The molecule has 0 amide bonds. The summed E-state index contributed by atoms with van der Waals surface area (Å²) in [7, 11) is 0. The van der Waals surface area contributed by atoms with E-state index in [-0.39, 0.29) is 0 Å². The van der Waals surface area contributed by atoms with E-state index in [1.54, 1.807) is 0 Å². The van der Waals surface area contributed by atoms with Gasteiger partial charge in [-0.25, -0.2) is 0 Å². The molecule has 0 unspecified atom stereocenters. The summed E-state index contributed by atoms with van der Waals surface area (Å²) in [6.07, 6.45) is 6.37. The molecule has 0 fully saturated rings. The zero-order valence-corrected chi connectivity index (χ0v) is 14.0. The number of para-hydroxylation sites is 1. The first-order valence-corrected chi connectivity index (χ1v) is 8.41. The summed E-state index contributed by atoms with van der Waals surface area (Å²) < 4.78 is 0. The molecule has 2 aromatic carbocycles. The van der Waals surface area contributed by atoms with E-state index in [0.717, 1.165) is 17.8 Å².